The van der Waals surface area contributed by atoms with Crippen LogP contribution in [0.5, 0.6) is 0 Å². The summed E-state index contributed by atoms with van der Waals surface area (Å²) in [6.07, 6.45) is 13.7. The molecule has 0 N–H and O–H groups in total. The molecular weight excluding hydrogens is 407 g/mol. The molecule has 0 aliphatic rings. The highest BCUT2D eigenvalue weighted by Crippen LogP contribution is 2.27. The fraction of sp³-hybridized carbons (Fsp3) is 0.355. The van der Waals surface area contributed by atoms with Gasteiger partial charge in [-0.25, -0.2) is 4.39 Å². The van der Waals surface area contributed by atoms with Crippen molar-refractivity contribution in [2.45, 2.75) is 64.9 Å². The van der Waals surface area contributed by atoms with Crippen LogP contribution in [0.1, 0.15) is 63.5 Å². The Bertz CT molecular complexity index is 1070. The molecule has 0 aliphatic heterocycles. The molecule has 0 aliphatic carbocycles. The summed E-state index contributed by atoms with van der Waals surface area (Å²) in [6.45, 7) is 9.01. The Kier molecular flexibility index (Phi) is 9.90. The normalized spacial score (nSPS) is 12.5. The Hall–Kier alpha value is -2.71. The van der Waals surface area contributed by atoms with E-state index in [9.17, 15) is 4.39 Å². The second kappa shape index (κ2) is 13.1. The van der Waals surface area contributed by atoms with E-state index in [4.69, 9.17) is 4.74 Å². The van der Waals surface area contributed by atoms with Gasteiger partial charge in [0.1, 0.15) is 5.82 Å². The molecule has 3 aromatic carbocycles. The van der Waals surface area contributed by atoms with Gasteiger partial charge >= 0.3 is 0 Å². The number of fused-ring (bicyclic) bond motifs is 1. The monoisotopic (exact) mass is 444 g/mol. The Morgan fingerprint density at radius 3 is 2.48 bits per heavy atom. The van der Waals surface area contributed by atoms with Gasteiger partial charge in [-0.05, 0) is 78.6 Å². The van der Waals surface area contributed by atoms with E-state index in [0.29, 0.717) is 11.7 Å². The first-order valence-electron chi connectivity index (χ1n) is 12.3. The van der Waals surface area contributed by atoms with Crippen molar-refractivity contribution in [3.63, 3.8) is 0 Å². The average molecular weight is 445 g/mol. The van der Waals surface area contributed by atoms with Crippen LogP contribution in [0.15, 0.2) is 73.3 Å². The topological polar surface area (TPSA) is 9.23 Å². The van der Waals surface area contributed by atoms with Gasteiger partial charge in [-0.15, -0.1) is 6.58 Å². The number of ether oxygens (including phenoxy) is 1. The summed E-state index contributed by atoms with van der Waals surface area (Å²) in [7, 11) is 0. The first-order valence-corrected chi connectivity index (χ1v) is 12.3. The van der Waals surface area contributed by atoms with Gasteiger partial charge in [0.15, 0.2) is 0 Å². The highest BCUT2D eigenvalue weighted by atomic mass is 19.1. The van der Waals surface area contributed by atoms with Gasteiger partial charge in [-0.3, -0.25) is 0 Å². The second-order valence-corrected chi connectivity index (χ2v) is 8.85. The molecule has 0 aromatic heterocycles. The van der Waals surface area contributed by atoms with E-state index in [1.54, 1.807) is 6.07 Å². The van der Waals surface area contributed by atoms with Gasteiger partial charge in [-0.1, -0.05) is 80.5 Å². The lowest BCUT2D eigenvalue weighted by molar-refractivity contribution is 0.0566. The van der Waals surface area contributed by atoms with Gasteiger partial charge in [-0.2, -0.15) is 0 Å². The van der Waals surface area contributed by atoms with E-state index >= 15 is 0 Å². The van der Waals surface area contributed by atoms with Crippen LogP contribution in [0, 0.1) is 5.82 Å². The van der Waals surface area contributed by atoms with E-state index < -0.39 is 0 Å². The fourth-order valence-electron chi connectivity index (χ4n) is 4.06. The van der Waals surface area contributed by atoms with Crippen LogP contribution in [-0.2, 0) is 11.2 Å². The second-order valence-electron chi connectivity index (χ2n) is 8.85. The number of rotatable bonds is 13. The molecule has 1 atom stereocenters. The molecular formula is C31H37FO. The third-order valence-corrected chi connectivity index (χ3v) is 6.05. The van der Waals surface area contributed by atoms with Crippen molar-refractivity contribution in [2.24, 2.45) is 0 Å². The lowest BCUT2D eigenvalue weighted by Crippen LogP contribution is -2.08. The molecule has 0 amide bonds. The van der Waals surface area contributed by atoms with Crippen molar-refractivity contribution in [1.29, 1.82) is 0 Å². The van der Waals surface area contributed by atoms with Crippen molar-refractivity contribution in [2.75, 3.05) is 6.61 Å². The highest BCUT2D eigenvalue weighted by Gasteiger charge is 2.06. The predicted octanol–water partition coefficient (Wildman–Crippen LogP) is 9.15. The maximum atomic E-state index is 14.7. The average Bonchev–Trinajstić information content (AvgIpc) is 2.82. The smallest absolute Gasteiger partial charge is 0.131 e. The van der Waals surface area contributed by atoms with Crippen molar-refractivity contribution in [3.8, 4) is 11.1 Å². The van der Waals surface area contributed by atoms with Crippen LogP contribution in [0.4, 0.5) is 4.39 Å². The molecule has 174 valence electrons. The molecule has 33 heavy (non-hydrogen) atoms. The molecule has 0 saturated heterocycles. The third-order valence-electron chi connectivity index (χ3n) is 6.05. The Morgan fingerprint density at radius 1 is 0.939 bits per heavy atom. The standard InChI is InChI=1S/C31H37FO/c1-4-6-10-20-33-24(3)12-8-7-9-13-26-16-17-30(23-31(26)32)29-19-18-27-21-25(11-5-2)14-15-28(27)22-29/h5,9,13-19,21-24H,2,4,6-8,10-12,20H2,1,3H3. The van der Waals surface area contributed by atoms with E-state index in [1.807, 2.05) is 24.3 Å². The Morgan fingerprint density at radius 2 is 1.70 bits per heavy atom. The van der Waals surface area contributed by atoms with E-state index in [1.165, 1.54) is 23.8 Å². The summed E-state index contributed by atoms with van der Waals surface area (Å²) in [5.41, 5.74) is 3.82. The number of unbranched alkanes of at least 4 members (excludes halogenated alkanes) is 3. The van der Waals surface area contributed by atoms with E-state index in [-0.39, 0.29) is 5.82 Å². The van der Waals surface area contributed by atoms with E-state index in [0.717, 1.165) is 55.2 Å². The van der Waals surface area contributed by atoms with E-state index in [2.05, 4.69) is 62.9 Å². The SMILES string of the molecule is C=CCc1ccc2cc(-c3ccc(C=CCCCC(C)OCCCCC)c(F)c3)ccc2c1. The van der Waals surface area contributed by atoms with Crippen LogP contribution in [0.2, 0.25) is 0 Å². The van der Waals surface area contributed by atoms with Crippen LogP contribution in [0.3, 0.4) is 0 Å². The maximum Gasteiger partial charge on any atom is 0.131 e. The summed E-state index contributed by atoms with van der Waals surface area (Å²) in [6, 6.07) is 18.3. The summed E-state index contributed by atoms with van der Waals surface area (Å²) in [5, 5.41) is 2.35. The van der Waals surface area contributed by atoms with Gasteiger partial charge in [0.05, 0.1) is 6.10 Å². The van der Waals surface area contributed by atoms with Gasteiger partial charge in [0.2, 0.25) is 0 Å². The number of hydrogen-bond donors (Lipinski definition) is 0. The zero-order valence-electron chi connectivity index (χ0n) is 20.2. The number of halogens is 1. The summed E-state index contributed by atoms with van der Waals surface area (Å²) in [4.78, 5) is 0. The molecule has 2 heteroatoms. The number of hydrogen-bond acceptors (Lipinski definition) is 1. The summed E-state index contributed by atoms with van der Waals surface area (Å²) in [5.74, 6) is -0.183. The molecule has 3 rings (SSSR count). The minimum Gasteiger partial charge on any atom is -0.379 e. The molecule has 3 aromatic rings. The van der Waals surface area contributed by atoms with Crippen LogP contribution < -0.4 is 0 Å². The van der Waals surface area contributed by atoms with Gasteiger partial charge in [0.25, 0.3) is 0 Å². The van der Waals surface area contributed by atoms with Crippen molar-refractivity contribution >= 4 is 16.8 Å². The van der Waals surface area contributed by atoms with Crippen molar-refractivity contribution in [3.05, 3.63) is 90.3 Å². The zero-order valence-corrected chi connectivity index (χ0v) is 20.2. The van der Waals surface area contributed by atoms with Gasteiger partial charge in [0, 0.05) is 12.2 Å². The number of benzene rings is 3. The van der Waals surface area contributed by atoms with Gasteiger partial charge < -0.3 is 4.74 Å². The third kappa shape index (κ3) is 7.68. The predicted molar refractivity (Wildman–Crippen MR) is 141 cm³/mol. The quantitative estimate of drug-likeness (QED) is 0.189. The number of allylic oxidation sites excluding steroid dienone is 2. The Balaban J connectivity index is 1.55. The lowest BCUT2D eigenvalue weighted by atomic mass is 9.98. The Labute approximate surface area is 199 Å². The fourth-order valence-corrected chi connectivity index (χ4v) is 4.06. The molecule has 0 saturated carbocycles. The molecule has 0 bridgehead atoms. The van der Waals surface area contributed by atoms with Crippen molar-refractivity contribution < 1.29 is 9.13 Å². The van der Waals surface area contributed by atoms with Crippen molar-refractivity contribution in [1.82, 2.24) is 0 Å². The lowest BCUT2D eigenvalue weighted by Gasteiger charge is -2.12. The first kappa shape index (κ1) is 24.9. The highest BCUT2D eigenvalue weighted by molar-refractivity contribution is 5.88. The molecule has 0 spiro atoms. The summed E-state index contributed by atoms with van der Waals surface area (Å²) >= 11 is 0. The molecule has 0 heterocycles. The maximum absolute atomic E-state index is 14.7. The van der Waals surface area contributed by atoms with Crippen LogP contribution in [0.25, 0.3) is 28.0 Å². The van der Waals surface area contributed by atoms with Crippen LogP contribution in [-0.4, -0.2) is 12.7 Å². The molecule has 0 fully saturated rings. The molecule has 1 nitrogen and oxygen atoms in total. The first-order chi connectivity index (χ1) is 16.1. The minimum atomic E-state index is -0.183. The minimum absolute atomic E-state index is 0.183. The molecule has 1 unspecified atom stereocenters. The zero-order chi connectivity index (χ0) is 23.5. The largest absolute Gasteiger partial charge is 0.379 e. The molecule has 0 radical (unpaired) electrons. The van der Waals surface area contributed by atoms with Crippen LogP contribution >= 0.6 is 0 Å². The summed E-state index contributed by atoms with van der Waals surface area (Å²) < 4.78 is 20.6.